The third-order valence-corrected chi connectivity index (χ3v) is 1.76. The zero-order chi connectivity index (χ0) is 10.4. The van der Waals surface area contributed by atoms with Crippen molar-refractivity contribution in [3.05, 3.63) is 46.0 Å². The Balaban J connectivity index is 2.90. The van der Waals surface area contributed by atoms with Crippen LogP contribution in [0.2, 0.25) is 0 Å². The quantitative estimate of drug-likeness (QED) is 0.585. The molecule has 0 heterocycles. The molecule has 0 aliphatic rings. The minimum absolute atomic E-state index is 0.126. The first-order valence-electron chi connectivity index (χ1n) is 4.35. The Morgan fingerprint density at radius 3 is 2.79 bits per heavy atom. The van der Waals surface area contributed by atoms with Crippen LogP contribution < -0.4 is 5.73 Å². The zero-order valence-electron chi connectivity index (χ0n) is 7.72. The number of hydrogen-bond donors (Lipinski definition) is 1. The van der Waals surface area contributed by atoms with Crippen LogP contribution in [0.5, 0.6) is 0 Å². The fourth-order valence-electron chi connectivity index (χ4n) is 1.10. The topological polar surface area (TPSA) is 69.2 Å². The lowest BCUT2D eigenvalue weighted by Gasteiger charge is -1.95. The molecule has 1 rings (SSSR count). The molecule has 74 valence electrons. The maximum atomic E-state index is 10.6. The van der Waals surface area contributed by atoms with E-state index in [4.69, 9.17) is 5.73 Å². The van der Waals surface area contributed by atoms with Crippen LogP contribution in [-0.2, 0) is 0 Å². The highest BCUT2D eigenvalue weighted by atomic mass is 16.6. The van der Waals surface area contributed by atoms with Crippen LogP contribution in [0.4, 0.5) is 5.69 Å². The summed E-state index contributed by atoms with van der Waals surface area (Å²) in [5.41, 5.74) is 6.05. The first-order valence-corrected chi connectivity index (χ1v) is 4.35. The van der Waals surface area contributed by atoms with Gasteiger partial charge in [-0.05, 0) is 19.0 Å². The highest BCUT2D eigenvalue weighted by Gasteiger charge is 2.08. The Bertz CT molecular complexity index is 348. The second kappa shape index (κ2) is 5.14. The highest BCUT2D eigenvalue weighted by Crippen LogP contribution is 2.18. The van der Waals surface area contributed by atoms with Gasteiger partial charge >= 0.3 is 0 Å². The zero-order valence-corrected chi connectivity index (χ0v) is 7.72. The van der Waals surface area contributed by atoms with E-state index in [0.29, 0.717) is 12.1 Å². The fourth-order valence-corrected chi connectivity index (χ4v) is 1.10. The monoisotopic (exact) mass is 192 g/mol. The van der Waals surface area contributed by atoms with Gasteiger partial charge in [-0.15, -0.1) is 0 Å². The van der Waals surface area contributed by atoms with Gasteiger partial charge in [0.2, 0.25) is 0 Å². The van der Waals surface area contributed by atoms with Crippen LogP contribution in [0.3, 0.4) is 0 Å². The molecule has 14 heavy (non-hydrogen) atoms. The maximum absolute atomic E-state index is 10.6. The maximum Gasteiger partial charge on any atom is 0.276 e. The van der Waals surface area contributed by atoms with E-state index in [9.17, 15) is 10.1 Å². The molecule has 2 N–H and O–H groups in total. The molecule has 0 unspecified atom stereocenters. The summed E-state index contributed by atoms with van der Waals surface area (Å²) in [5, 5.41) is 10.6. The van der Waals surface area contributed by atoms with Crippen LogP contribution in [0, 0.1) is 10.1 Å². The molecule has 0 bridgehead atoms. The number of benzene rings is 1. The van der Waals surface area contributed by atoms with Crippen LogP contribution in [-0.4, -0.2) is 11.5 Å². The van der Waals surface area contributed by atoms with Gasteiger partial charge in [-0.3, -0.25) is 10.1 Å². The first kappa shape index (κ1) is 10.4. The van der Waals surface area contributed by atoms with E-state index in [1.54, 1.807) is 24.3 Å². The number of nitro benzene ring substituents is 1. The Morgan fingerprint density at radius 2 is 2.14 bits per heavy atom. The van der Waals surface area contributed by atoms with Gasteiger partial charge in [0.25, 0.3) is 5.69 Å². The van der Waals surface area contributed by atoms with Gasteiger partial charge in [0, 0.05) is 6.07 Å². The lowest BCUT2D eigenvalue weighted by atomic mass is 10.1. The van der Waals surface area contributed by atoms with Crippen LogP contribution in [0.1, 0.15) is 12.0 Å². The number of nitrogens with two attached hydrogens (primary N) is 1. The summed E-state index contributed by atoms with van der Waals surface area (Å²) in [7, 11) is 0. The molecule has 0 aromatic heterocycles. The van der Waals surface area contributed by atoms with E-state index >= 15 is 0 Å². The van der Waals surface area contributed by atoms with Gasteiger partial charge in [0.1, 0.15) is 0 Å². The molecule has 4 nitrogen and oxygen atoms in total. The lowest BCUT2D eigenvalue weighted by Crippen LogP contribution is -1.95. The molecule has 1 aromatic rings. The lowest BCUT2D eigenvalue weighted by molar-refractivity contribution is -0.385. The Labute approximate surface area is 82.2 Å². The van der Waals surface area contributed by atoms with E-state index in [1.165, 1.54) is 6.07 Å². The molecule has 0 amide bonds. The fraction of sp³-hybridized carbons (Fsp3) is 0.200. The molecule has 0 fully saturated rings. The summed E-state index contributed by atoms with van der Waals surface area (Å²) in [6.45, 7) is 0.553. The Kier molecular flexibility index (Phi) is 3.82. The van der Waals surface area contributed by atoms with Gasteiger partial charge in [-0.2, -0.15) is 0 Å². The van der Waals surface area contributed by atoms with Crippen molar-refractivity contribution in [2.45, 2.75) is 6.42 Å². The van der Waals surface area contributed by atoms with Crippen molar-refractivity contribution in [2.75, 3.05) is 6.54 Å². The first-order chi connectivity index (χ1) is 6.75. The molecule has 1 aromatic carbocycles. The van der Waals surface area contributed by atoms with Crippen molar-refractivity contribution >= 4 is 11.8 Å². The van der Waals surface area contributed by atoms with E-state index in [0.717, 1.165) is 6.42 Å². The molecule has 0 atom stereocenters. The Hall–Kier alpha value is -1.68. The molecule has 0 saturated heterocycles. The van der Waals surface area contributed by atoms with Gasteiger partial charge in [0.15, 0.2) is 0 Å². The number of rotatable bonds is 4. The minimum atomic E-state index is -0.387. The second-order valence-corrected chi connectivity index (χ2v) is 2.80. The summed E-state index contributed by atoms with van der Waals surface area (Å²) < 4.78 is 0. The predicted molar refractivity (Wildman–Crippen MR) is 55.8 cm³/mol. The SMILES string of the molecule is NCCC=Cc1ccccc1[N+](=O)[O-]. The molecule has 0 saturated carbocycles. The minimum Gasteiger partial charge on any atom is -0.330 e. The van der Waals surface area contributed by atoms with Crippen LogP contribution in [0.15, 0.2) is 30.3 Å². The summed E-state index contributed by atoms with van der Waals surface area (Å²) in [6, 6.07) is 6.63. The smallest absolute Gasteiger partial charge is 0.276 e. The molecule has 0 spiro atoms. The average molecular weight is 192 g/mol. The van der Waals surface area contributed by atoms with Gasteiger partial charge in [-0.25, -0.2) is 0 Å². The molecule has 0 radical (unpaired) electrons. The molecule has 0 aliphatic heterocycles. The number of para-hydroxylation sites is 1. The van der Waals surface area contributed by atoms with Crippen molar-refractivity contribution in [2.24, 2.45) is 5.73 Å². The summed E-state index contributed by atoms with van der Waals surface area (Å²) in [6.07, 6.45) is 4.29. The predicted octanol–water partition coefficient (Wildman–Crippen LogP) is 1.96. The van der Waals surface area contributed by atoms with Crippen molar-refractivity contribution in [1.82, 2.24) is 0 Å². The third-order valence-electron chi connectivity index (χ3n) is 1.76. The van der Waals surface area contributed by atoms with E-state index in [-0.39, 0.29) is 10.6 Å². The standard InChI is InChI=1S/C10H12N2O2/c11-8-4-3-6-9-5-1-2-7-10(9)12(13)14/h1-3,5-7H,4,8,11H2. The summed E-state index contributed by atoms with van der Waals surface area (Å²) in [4.78, 5) is 10.2. The van der Waals surface area contributed by atoms with Crippen LogP contribution in [0.25, 0.3) is 6.08 Å². The molecule has 4 heteroatoms. The van der Waals surface area contributed by atoms with Crippen molar-refractivity contribution < 1.29 is 4.92 Å². The van der Waals surface area contributed by atoms with Gasteiger partial charge < -0.3 is 5.73 Å². The summed E-state index contributed by atoms with van der Waals surface area (Å²) >= 11 is 0. The van der Waals surface area contributed by atoms with Crippen molar-refractivity contribution in [3.63, 3.8) is 0 Å². The van der Waals surface area contributed by atoms with Gasteiger partial charge in [0.05, 0.1) is 10.5 Å². The van der Waals surface area contributed by atoms with E-state index < -0.39 is 0 Å². The summed E-state index contributed by atoms with van der Waals surface area (Å²) in [5.74, 6) is 0. The largest absolute Gasteiger partial charge is 0.330 e. The van der Waals surface area contributed by atoms with Crippen molar-refractivity contribution in [3.8, 4) is 0 Å². The number of hydrogen-bond acceptors (Lipinski definition) is 3. The molecule has 0 aliphatic carbocycles. The second-order valence-electron chi connectivity index (χ2n) is 2.80. The van der Waals surface area contributed by atoms with E-state index in [2.05, 4.69) is 0 Å². The molecular weight excluding hydrogens is 180 g/mol. The van der Waals surface area contributed by atoms with Crippen LogP contribution >= 0.6 is 0 Å². The van der Waals surface area contributed by atoms with Gasteiger partial charge in [-0.1, -0.05) is 24.3 Å². The number of nitro groups is 1. The molecular formula is C10H12N2O2. The average Bonchev–Trinajstić information content (AvgIpc) is 2.19. The Morgan fingerprint density at radius 1 is 1.43 bits per heavy atom. The third kappa shape index (κ3) is 2.67. The van der Waals surface area contributed by atoms with E-state index in [1.807, 2.05) is 6.08 Å². The normalized spacial score (nSPS) is 10.6. The number of nitrogens with zero attached hydrogens (tertiary/aromatic N) is 1. The highest BCUT2D eigenvalue weighted by molar-refractivity contribution is 5.60. The van der Waals surface area contributed by atoms with Crippen molar-refractivity contribution in [1.29, 1.82) is 0 Å².